The molecule has 0 aliphatic heterocycles. The molecule has 2 bridgehead atoms. The summed E-state index contributed by atoms with van der Waals surface area (Å²) in [5.41, 5.74) is 1.79. The maximum Gasteiger partial charge on any atom is 0.127 e. The fraction of sp³-hybridized carbons (Fsp3) is 0.667. The lowest BCUT2D eigenvalue weighted by molar-refractivity contribution is 0.251. The van der Waals surface area contributed by atoms with Crippen LogP contribution in [0.25, 0.3) is 0 Å². The number of aryl methyl sites for hydroxylation is 1. The van der Waals surface area contributed by atoms with Crippen molar-refractivity contribution in [3.05, 3.63) is 34.1 Å². The largest absolute Gasteiger partial charge is 0.310 e. The van der Waals surface area contributed by atoms with Gasteiger partial charge in [-0.15, -0.1) is 0 Å². The summed E-state index contributed by atoms with van der Waals surface area (Å²) in [5, 5.41) is 4.27. The van der Waals surface area contributed by atoms with Gasteiger partial charge >= 0.3 is 0 Å². The zero-order chi connectivity index (χ0) is 15.0. The average molecular weight is 310 g/mol. The van der Waals surface area contributed by atoms with E-state index < -0.39 is 0 Å². The van der Waals surface area contributed by atoms with Gasteiger partial charge in [0.2, 0.25) is 0 Å². The van der Waals surface area contributed by atoms with Gasteiger partial charge in [0.05, 0.1) is 0 Å². The van der Waals surface area contributed by atoms with Crippen molar-refractivity contribution in [2.75, 3.05) is 6.54 Å². The number of nitrogens with one attached hydrogen (secondary N) is 1. The molecule has 21 heavy (non-hydrogen) atoms. The number of halogens is 2. The van der Waals surface area contributed by atoms with E-state index >= 15 is 0 Å². The van der Waals surface area contributed by atoms with Gasteiger partial charge in [-0.25, -0.2) is 4.39 Å². The number of hydrogen-bond acceptors (Lipinski definition) is 1. The first-order valence-corrected chi connectivity index (χ1v) is 8.66. The molecule has 3 rings (SSSR count). The molecule has 2 aliphatic rings. The Balaban J connectivity index is 1.90. The van der Waals surface area contributed by atoms with Crippen molar-refractivity contribution in [3.8, 4) is 0 Å². The highest BCUT2D eigenvalue weighted by Crippen LogP contribution is 2.53. The molecule has 2 fully saturated rings. The molecule has 1 aromatic rings. The predicted octanol–water partition coefficient (Wildman–Crippen LogP) is 5.26. The highest BCUT2D eigenvalue weighted by Gasteiger charge is 2.43. The van der Waals surface area contributed by atoms with Crippen molar-refractivity contribution in [2.45, 2.75) is 52.0 Å². The van der Waals surface area contributed by atoms with E-state index in [9.17, 15) is 4.39 Å². The molecule has 4 atom stereocenters. The molecule has 116 valence electrons. The minimum absolute atomic E-state index is 0.203. The first-order chi connectivity index (χ1) is 10.1. The van der Waals surface area contributed by atoms with Crippen molar-refractivity contribution in [1.82, 2.24) is 5.32 Å². The van der Waals surface area contributed by atoms with Gasteiger partial charge in [0.25, 0.3) is 0 Å². The third-order valence-electron chi connectivity index (χ3n) is 5.45. The van der Waals surface area contributed by atoms with E-state index in [0.717, 1.165) is 30.4 Å². The van der Waals surface area contributed by atoms with Crippen LogP contribution in [-0.2, 0) is 0 Å². The minimum Gasteiger partial charge on any atom is -0.310 e. The topological polar surface area (TPSA) is 12.0 Å². The van der Waals surface area contributed by atoms with Crippen LogP contribution in [0.5, 0.6) is 0 Å². The normalized spacial score (nSPS) is 29.0. The summed E-state index contributed by atoms with van der Waals surface area (Å²) in [5.74, 6) is 2.20. The quantitative estimate of drug-likeness (QED) is 0.782. The molecule has 3 heteroatoms. The van der Waals surface area contributed by atoms with Crippen molar-refractivity contribution in [1.29, 1.82) is 0 Å². The molecule has 0 spiro atoms. The highest BCUT2D eigenvalue weighted by molar-refractivity contribution is 6.31. The maximum absolute atomic E-state index is 13.7. The third-order valence-corrected chi connectivity index (χ3v) is 5.78. The Bertz CT molecular complexity index is 516. The molecular weight excluding hydrogens is 285 g/mol. The van der Waals surface area contributed by atoms with E-state index in [1.165, 1.54) is 31.7 Å². The Morgan fingerprint density at radius 2 is 2.14 bits per heavy atom. The van der Waals surface area contributed by atoms with E-state index in [2.05, 4.69) is 12.2 Å². The molecule has 1 nitrogen and oxygen atoms in total. The van der Waals surface area contributed by atoms with Crippen molar-refractivity contribution in [3.63, 3.8) is 0 Å². The van der Waals surface area contributed by atoms with E-state index in [0.29, 0.717) is 16.5 Å². The highest BCUT2D eigenvalue weighted by atomic mass is 35.5. The number of fused-ring (bicyclic) bond motifs is 2. The van der Waals surface area contributed by atoms with Gasteiger partial charge in [-0.05, 0) is 74.1 Å². The van der Waals surface area contributed by atoms with Gasteiger partial charge < -0.3 is 5.32 Å². The second kappa shape index (κ2) is 6.26. The van der Waals surface area contributed by atoms with Crippen LogP contribution in [0.4, 0.5) is 4.39 Å². The van der Waals surface area contributed by atoms with E-state index in [1.54, 1.807) is 0 Å². The lowest BCUT2D eigenvalue weighted by atomic mass is 9.80. The second-order valence-electron chi connectivity index (χ2n) is 6.89. The Morgan fingerprint density at radius 1 is 1.33 bits per heavy atom. The first kappa shape index (κ1) is 15.3. The average Bonchev–Trinajstić information content (AvgIpc) is 3.07. The van der Waals surface area contributed by atoms with Gasteiger partial charge in [0, 0.05) is 11.1 Å². The molecule has 0 saturated heterocycles. The molecule has 0 heterocycles. The van der Waals surface area contributed by atoms with Gasteiger partial charge in [-0.3, -0.25) is 0 Å². The Kier molecular flexibility index (Phi) is 4.56. The van der Waals surface area contributed by atoms with E-state index in [-0.39, 0.29) is 11.9 Å². The molecule has 2 aliphatic carbocycles. The van der Waals surface area contributed by atoms with Crippen LogP contribution >= 0.6 is 11.6 Å². The summed E-state index contributed by atoms with van der Waals surface area (Å²) in [7, 11) is 0. The SMILES string of the molecule is CCCNC(c1cc(C)c(F)cc1Cl)C1CC2CCC1C2. The number of benzene rings is 1. The molecular formula is C18H25ClFN. The summed E-state index contributed by atoms with van der Waals surface area (Å²) < 4.78 is 13.7. The molecule has 1 aromatic carbocycles. The Morgan fingerprint density at radius 3 is 2.76 bits per heavy atom. The van der Waals surface area contributed by atoms with Crippen LogP contribution in [0.3, 0.4) is 0 Å². The predicted molar refractivity (Wildman–Crippen MR) is 86.1 cm³/mol. The summed E-state index contributed by atoms with van der Waals surface area (Å²) >= 11 is 6.38. The monoisotopic (exact) mass is 309 g/mol. The van der Waals surface area contributed by atoms with Crippen molar-refractivity contribution in [2.24, 2.45) is 17.8 Å². The van der Waals surface area contributed by atoms with E-state index in [4.69, 9.17) is 11.6 Å². The minimum atomic E-state index is -0.203. The first-order valence-electron chi connectivity index (χ1n) is 8.29. The Hall–Kier alpha value is -0.600. The smallest absolute Gasteiger partial charge is 0.127 e. The van der Waals surface area contributed by atoms with Crippen LogP contribution in [0.15, 0.2) is 12.1 Å². The van der Waals surface area contributed by atoms with Crippen molar-refractivity contribution < 1.29 is 4.39 Å². The van der Waals surface area contributed by atoms with Gasteiger partial charge in [0.15, 0.2) is 0 Å². The summed E-state index contributed by atoms with van der Waals surface area (Å²) in [6, 6.07) is 3.73. The molecule has 0 aromatic heterocycles. The fourth-order valence-corrected chi connectivity index (χ4v) is 4.68. The molecule has 0 radical (unpaired) electrons. The molecule has 2 saturated carbocycles. The molecule has 0 amide bonds. The van der Waals surface area contributed by atoms with Gasteiger partial charge in [-0.1, -0.05) is 31.0 Å². The van der Waals surface area contributed by atoms with Gasteiger partial charge in [-0.2, -0.15) is 0 Å². The maximum atomic E-state index is 13.7. The summed E-state index contributed by atoms with van der Waals surface area (Å²) in [4.78, 5) is 0. The van der Waals surface area contributed by atoms with Crippen LogP contribution in [0, 0.1) is 30.5 Å². The standard InChI is InChI=1S/C18H25ClFN/c1-3-6-21-18(14-9-12-4-5-13(14)8-12)15-7-11(2)17(20)10-16(15)19/h7,10,12-14,18,21H,3-6,8-9H2,1-2H3. The van der Waals surface area contributed by atoms with Crippen LogP contribution in [-0.4, -0.2) is 6.54 Å². The zero-order valence-corrected chi connectivity index (χ0v) is 13.7. The van der Waals surface area contributed by atoms with E-state index in [1.807, 2.05) is 13.0 Å². The Labute approximate surface area is 132 Å². The van der Waals surface area contributed by atoms with Crippen LogP contribution < -0.4 is 5.32 Å². The molecule has 4 unspecified atom stereocenters. The van der Waals surface area contributed by atoms with Crippen LogP contribution in [0.1, 0.15) is 56.2 Å². The number of rotatable bonds is 5. The zero-order valence-electron chi connectivity index (χ0n) is 13.0. The van der Waals surface area contributed by atoms with Crippen LogP contribution in [0.2, 0.25) is 5.02 Å². The molecule has 1 N–H and O–H groups in total. The summed E-state index contributed by atoms with van der Waals surface area (Å²) in [6.45, 7) is 5.00. The second-order valence-corrected chi connectivity index (χ2v) is 7.30. The lowest BCUT2D eigenvalue weighted by Gasteiger charge is -2.32. The third kappa shape index (κ3) is 2.98. The van der Waals surface area contributed by atoms with Gasteiger partial charge in [0.1, 0.15) is 5.82 Å². The fourth-order valence-electron chi connectivity index (χ4n) is 4.41. The number of hydrogen-bond donors (Lipinski definition) is 1. The van der Waals surface area contributed by atoms with Crippen molar-refractivity contribution >= 4 is 11.6 Å². The lowest BCUT2D eigenvalue weighted by Crippen LogP contribution is -2.32. The summed E-state index contributed by atoms with van der Waals surface area (Å²) in [6.07, 6.45) is 6.55.